The normalized spacial score (nSPS) is 23.0. The van der Waals surface area contributed by atoms with E-state index in [1.807, 2.05) is 154 Å². The van der Waals surface area contributed by atoms with Gasteiger partial charge in [0.05, 0.1) is 25.2 Å². The van der Waals surface area contributed by atoms with Crippen LogP contribution in [-0.2, 0) is 18.9 Å². The van der Waals surface area contributed by atoms with Crippen LogP contribution in [0.2, 0.25) is 0 Å². The number of nitrogens with one attached hydrogen (secondary N) is 1. The van der Waals surface area contributed by atoms with E-state index in [2.05, 4.69) is 94.0 Å². The quantitative estimate of drug-likeness (QED) is 0.0409. The fraction of sp³-hybridized carbons (Fsp3) is 0.542. The first kappa shape index (κ1) is 87.6. The minimum absolute atomic E-state index is 0. The molecule has 0 aromatic heterocycles. The number of benzene rings is 6. The van der Waals surface area contributed by atoms with E-state index in [-0.39, 0.29) is 90.9 Å². The third-order valence-corrected chi connectivity index (χ3v) is 19.8. The van der Waals surface area contributed by atoms with Gasteiger partial charge in [-0.15, -0.1) is 11.6 Å². The predicted octanol–water partition coefficient (Wildman–Crippen LogP) is 15.1. The van der Waals surface area contributed by atoms with E-state index in [9.17, 15) is 19.8 Å². The number of likely N-dealkylation sites (tertiary alicyclic amines) is 2. The second-order valence-electron chi connectivity index (χ2n) is 30.2. The van der Waals surface area contributed by atoms with Crippen molar-refractivity contribution in [1.29, 1.82) is 0 Å². The number of nitrogens with zero attached hydrogens (tertiary/aromatic N) is 4. The number of halogens is 1. The molecule has 3 aliphatic carbocycles. The zero-order chi connectivity index (χ0) is 70.3. The number of carbonyl (C=O) groups is 2. The van der Waals surface area contributed by atoms with Gasteiger partial charge in [0.1, 0.15) is 66.6 Å². The van der Waals surface area contributed by atoms with E-state index in [1.165, 1.54) is 42.4 Å². The van der Waals surface area contributed by atoms with Gasteiger partial charge in [0.2, 0.25) is 0 Å². The number of amides is 2. The Hall–Kier alpha value is -5.33. The topological polar surface area (TPSA) is 171 Å². The summed E-state index contributed by atoms with van der Waals surface area (Å²) >= 11 is 5.27. The van der Waals surface area contributed by atoms with Crippen molar-refractivity contribution < 1.29 is 53.0 Å². The Morgan fingerprint density at radius 1 is 0.490 bits per heavy atom. The molecule has 1 unspecified atom stereocenters. The molecule has 3 saturated carbocycles. The Balaban J connectivity index is 0.000000219. The third-order valence-electron chi connectivity index (χ3n) is 19.5. The number of aliphatic hydroxyl groups is 2. The van der Waals surface area contributed by atoms with E-state index < -0.39 is 23.4 Å². The molecule has 104 heavy (non-hydrogen) atoms. The van der Waals surface area contributed by atoms with Gasteiger partial charge in [-0.1, -0.05) is 146 Å². The fourth-order valence-electron chi connectivity index (χ4n) is 13.9. The Morgan fingerprint density at radius 2 is 0.837 bits per heavy atom. The van der Waals surface area contributed by atoms with Crippen LogP contribution in [0.15, 0.2) is 182 Å². The van der Waals surface area contributed by atoms with Crippen molar-refractivity contribution in [1.82, 2.24) is 24.9 Å². The van der Waals surface area contributed by atoms with Crippen molar-refractivity contribution in [3.8, 4) is 17.2 Å². The fourth-order valence-corrected chi connectivity index (χ4v) is 14.1. The summed E-state index contributed by atoms with van der Waals surface area (Å²) in [6.07, 6.45) is 10.5. The zero-order valence-electron chi connectivity index (χ0n) is 62.0. The van der Waals surface area contributed by atoms with Crippen LogP contribution in [0, 0.1) is 11.8 Å². The monoisotopic (exact) mass is 1530 g/mol. The third kappa shape index (κ3) is 30.7. The number of para-hydroxylation sites is 3. The van der Waals surface area contributed by atoms with Crippen LogP contribution in [0.5, 0.6) is 17.2 Å². The molecule has 5 saturated heterocycles. The van der Waals surface area contributed by atoms with Crippen LogP contribution in [0.4, 0.5) is 9.59 Å². The molecule has 8 fully saturated rings. The smallest absolute Gasteiger partial charge is 0.410 e. The first-order valence-corrected chi connectivity index (χ1v) is 37.5. The second-order valence-corrected chi connectivity index (χ2v) is 30.5. The molecule has 6 aromatic rings. The van der Waals surface area contributed by atoms with Crippen molar-refractivity contribution in [2.45, 2.75) is 183 Å². The molecule has 2 amide bonds. The SMILES string of the molecule is CC(C)(C)OC(=O)N(C1CCN(C[C@H](O)COc2ccccc2)CC1)[C@@H]1C[C@H]1c1ccccc1.CC(C)(C)OC(=O)N(C1CCNCC1)C1C[C@H]1c1ccccc1.ClC[C@@H]1CO1.O[C@H](COc1ccccc1)CN1CCC(C[C@@H]2C[C@H]2c2ccccc2)CC1.S.S.S.S.c1ccc(OC[C@@H]2CO2)cc1. The van der Waals surface area contributed by atoms with Crippen LogP contribution in [0.3, 0.4) is 0 Å². The Labute approximate surface area is 653 Å². The number of ether oxygens (including phenoxy) is 7. The first-order chi connectivity index (χ1) is 48.4. The summed E-state index contributed by atoms with van der Waals surface area (Å²) in [5, 5.41) is 24.1. The largest absolute Gasteiger partial charge is 0.491 e. The number of aliphatic hydroxyl groups excluding tert-OH is 2. The molecule has 0 bridgehead atoms. The number of hydrogen-bond acceptors (Lipinski definition) is 14. The lowest BCUT2D eigenvalue weighted by Crippen LogP contribution is -2.51. The van der Waals surface area contributed by atoms with E-state index >= 15 is 0 Å². The highest BCUT2D eigenvalue weighted by molar-refractivity contribution is 7.59. The predicted molar refractivity (Wildman–Crippen MR) is 437 cm³/mol. The Bertz CT molecular complexity index is 3300. The van der Waals surface area contributed by atoms with Crippen molar-refractivity contribution in [3.05, 3.63) is 199 Å². The summed E-state index contributed by atoms with van der Waals surface area (Å²) in [4.78, 5) is 34.8. The van der Waals surface area contributed by atoms with Crippen molar-refractivity contribution in [2.75, 3.05) is 91.3 Å². The number of alkyl halides is 1. The van der Waals surface area contributed by atoms with E-state index in [1.54, 1.807) is 0 Å². The number of carbonyl (C=O) groups excluding carboxylic acids is 2. The van der Waals surface area contributed by atoms with Gasteiger partial charge in [0, 0.05) is 62.2 Å². The molecular weight excluding hydrogens is 1410 g/mol. The summed E-state index contributed by atoms with van der Waals surface area (Å²) in [6, 6.07) is 62.0. The maximum absolute atomic E-state index is 13.2. The lowest BCUT2D eigenvalue weighted by atomic mass is 9.90. The molecule has 3 N–H and O–H groups in total. The summed E-state index contributed by atoms with van der Waals surface area (Å²) in [7, 11) is 0. The van der Waals surface area contributed by atoms with Gasteiger partial charge in [-0.2, -0.15) is 54.0 Å². The molecule has 574 valence electrons. The Kier molecular flexibility index (Phi) is 37.2. The van der Waals surface area contributed by atoms with Crippen LogP contribution < -0.4 is 19.5 Å². The minimum Gasteiger partial charge on any atom is -0.491 e. The maximum Gasteiger partial charge on any atom is 0.410 e. The van der Waals surface area contributed by atoms with Gasteiger partial charge in [-0.25, -0.2) is 9.59 Å². The van der Waals surface area contributed by atoms with Gasteiger partial charge in [-0.05, 0) is 203 Å². The van der Waals surface area contributed by atoms with E-state index in [0.717, 1.165) is 133 Å². The molecule has 10 atom stereocenters. The lowest BCUT2D eigenvalue weighted by molar-refractivity contribution is 0.000750. The van der Waals surface area contributed by atoms with Crippen molar-refractivity contribution >= 4 is 77.8 Å². The molecule has 16 nitrogen and oxygen atoms in total. The van der Waals surface area contributed by atoms with Crippen molar-refractivity contribution in [2.24, 2.45) is 11.8 Å². The highest BCUT2D eigenvalue weighted by atomic mass is 35.5. The number of piperidine rings is 3. The summed E-state index contributed by atoms with van der Waals surface area (Å²) in [5.41, 5.74) is 3.19. The molecule has 5 aliphatic heterocycles. The summed E-state index contributed by atoms with van der Waals surface area (Å²) in [6.45, 7) is 21.8. The number of hydrogen-bond donors (Lipinski definition) is 3. The van der Waals surface area contributed by atoms with Crippen LogP contribution in [0.25, 0.3) is 0 Å². The summed E-state index contributed by atoms with van der Waals surface area (Å²) < 4.78 is 38.0. The summed E-state index contributed by atoms with van der Waals surface area (Å²) in [5.74, 6) is 6.58. The van der Waals surface area contributed by atoms with Crippen molar-refractivity contribution in [3.63, 3.8) is 0 Å². The van der Waals surface area contributed by atoms with Gasteiger partial charge in [0.25, 0.3) is 0 Å². The standard InChI is InChI=1S/C28H38N2O4.C24H31NO2.C19H28N2O2.C9H10O2.C3H5ClO.4H2S/c1-28(2,3)34-27(32)30(26-18-25(26)21-10-6-4-7-11-21)22-14-16-29(17-15-22)19-23(31)20-33-24-12-8-5-9-13-24;26-22(18-27-23-9-5-2-6-10-23)17-25-13-11-19(12-14-25)15-21-16-24(21)20-7-3-1-4-8-20;1-19(2,3)23-18(22)21(15-9-11-20-12-10-15)17-13-16(17)14-7-5-4-6-8-14;1-2-4-8(5-3-1)10-6-9-7-11-9;4-1-3-2-5-3;;;;/h4-13,22-23,25-26,31H,14-20H2,1-3H3;1-10,19,21-22,24,26H,11-18H2;4-8,15-17,20H,9-13H2,1-3H3;1-5,9H,6-7H2;3H,1-2H2;4*1H2/t23-,25-,26+;21-,22+,24+;16-,17?;9-;3-;;;;/m01011..../s1. The average molecular weight is 1530 g/mol. The highest BCUT2D eigenvalue weighted by Crippen LogP contribution is 2.52. The molecule has 0 spiro atoms. The molecule has 14 rings (SSSR count). The second kappa shape index (κ2) is 44.2. The minimum atomic E-state index is -0.551. The van der Waals surface area contributed by atoms with Gasteiger partial charge < -0.3 is 68.3 Å². The highest BCUT2D eigenvalue weighted by Gasteiger charge is 2.50. The number of epoxide rings is 2. The number of β-amino-alcohol motifs (C(OH)–C–C–N with tert-alkyl or cyclic N) is 2. The molecule has 8 aliphatic rings. The Morgan fingerprint density at radius 3 is 1.19 bits per heavy atom. The van der Waals surface area contributed by atoms with Crippen LogP contribution in [-0.4, -0.2) is 193 Å². The van der Waals surface area contributed by atoms with E-state index in [4.69, 9.17) is 44.8 Å². The molecule has 5 heterocycles. The van der Waals surface area contributed by atoms with Gasteiger partial charge in [-0.3, -0.25) is 0 Å². The van der Waals surface area contributed by atoms with E-state index in [0.29, 0.717) is 55.7 Å². The lowest BCUT2D eigenvalue weighted by Gasteiger charge is -2.40. The molecule has 0 radical (unpaired) electrons. The van der Waals surface area contributed by atoms with Crippen LogP contribution in [0.1, 0.15) is 140 Å². The molecule has 21 heteroatoms. The first-order valence-electron chi connectivity index (χ1n) is 36.9. The van der Waals surface area contributed by atoms with Gasteiger partial charge >= 0.3 is 12.2 Å². The van der Waals surface area contributed by atoms with Crippen LogP contribution >= 0.6 is 65.6 Å². The van der Waals surface area contributed by atoms with Gasteiger partial charge in [0.15, 0.2) is 0 Å². The maximum atomic E-state index is 13.2. The molecular formula is C83H120ClN5O11S4. The number of rotatable bonds is 23. The average Bonchev–Trinajstić information content (AvgIpc) is 1.61. The molecule has 6 aromatic carbocycles. The zero-order valence-corrected chi connectivity index (χ0v) is 66.8.